The summed E-state index contributed by atoms with van der Waals surface area (Å²) in [6.45, 7) is 15.3. The Balaban J connectivity index is 2.77. The van der Waals surface area contributed by atoms with Gasteiger partial charge in [-0.1, -0.05) is 47.6 Å². The second kappa shape index (κ2) is 4.72. The highest BCUT2D eigenvalue weighted by molar-refractivity contribution is 5.96. The quantitative estimate of drug-likeness (QED) is 0.662. The molecule has 0 atom stereocenters. The van der Waals surface area contributed by atoms with E-state index in [9.17, 15) is 4.79 Å². The molecule has 0 bridgehead atoms. The van der Waals surface area contributed by atoms with E-state index in [1.807, 2.05) is 0 Å². The molecule has 20 heavy (non-hydrogen) atoms. The van der Waals surface area contributed by atoms with Crippen LogP contribution in [0.1, 0.15) is 94.3 Å². The van der Waals surface area contributed by atoms with E-state index in [0.717, 1.165) is 5.56 Å². The first-order valence-corrected chi connectivity index (χ1v) is 7.76. The first kappa shape index (κ1) is 15.3. The summed E-state index contributed by atoms with van der Waals surface area (Å²) in [5.74, 6) is 0.579. The van der Waals surface area contributed by atoms with Gasteiger partial charge in [0.05, 0.1) is 0 Å². The van der Waals surface area contributed by atoms with E-state index in [1.165, 1.54) is 29.5 Å². The van der Waals surface area contributed by atoms with Crippen molar-refractivity contribution in [2.75, 3.05) is 0 Å². The van der Waals surface area contributed by atoms with Crippen LogP contribution in [-0.2, 0) is 10.8 Å². The molecule has 110 valence electrons. The number of ketones is 1. The van der Waals surface area contributed by atoms with Crippen LogP contribution in [0.4, 0.5) is 0 Å². The highest BCUT2D eigenvalue weighted by atomic mass is 16.1. The maximum absolute atomic E-state index is 12.0. The molecule has 0 saturated heterocycles. The monoisotopic (exact) mass is 272 g/mol. The van der Waals surface area contributed by atoms with E-state index >= 15 is 0 Å². The van der Waals surface area contributed by atoms with E-state index in [-0.39, 0.29) is 16.6 Å². The number of Topliss-reactive ketones (excluding diaryl/α,β-unsaturated/α-hetero) is 1. The zero-order valence-corrected chi connectivity index (χ0v) is 14.1. The number of hydrogen-bond acceptors (Lipinski definition) is 1. The second-order valence-electron chi connectivity index (χ2n) is 7.96. The summed E-state index contributed by atoms with van der Waals surface area (Å²) in [4.78, 5) is 12.0. The Labute approximate surface area is 123 Å². The van der Waals surface area contributed by atoms with E-state index in [1.54, 1.807) is 6.92 Å². The Morgan fingerprint density at radius 1 is 1.00 bits per heavy atom. The molecular formula is C19H28O. The summed E-state index contributed by atoms with van der Waals surface area (Å²) in [7, 11) is 0. The normalized spacial score (nSPS) is 19.8. The number of rotatable bonds is 2. The lowest BCUT2D eigenvalue weighted by atomic mass is 9.62. The third-order valence-corrected chi connectivity index (χ3v) is 5.02. The number of fused-ring (bicyclic) bond motifs is 1. The van der Waals surface area contributed by atoms with Crippen LogP contribution in [-0.4, -0.2) is 5.78 Å². The molecule has 0 radical (unpaired) electrons. The summed E-state index contributed by atoms with van der Waals surface area (Å²) < 4.78 is 0. The number of carbonyl (C=O) groups excluding carboxylic acids is 1. The molecule has 1 nitrogen and oxygen atoms in total. The predicted molar refractivity (Wildman–Crippen MR) is 85.8 cm³/mol. The molecule has 2 rings (SSSR count). The lowest BCUT2D eigenvalue weighted by molar-refractivity contribution is 0.101. The van der Waals surface area contributed by atoms with Gasteiger partial charge < -0.3 is 0 Å². The third-order valence-electron chi connectivity index (χ3n) is 5.02. The maximum Gasteiger partial charge on any atom is 0.160 e. The molecule has 1 aliphatic rings. The van der Waals surface area contributed by atoms with Crippen molar-refractivity contribution < 1.29 is 4.79 Å². The fourth-order valence-corrected chi connectivity index (χ4v) is 3.41. The SMILES string of the molecule is CC(=O)c1cc2c(cc1C(C)C)C(C)(C)CCC2(C)C. The standard InChI is InChI=1S/C19H28O/c1-12(2)14-10-16-17(11-15(14)13(3)20)19(6,7)9-8-18(16,4)5/h10-12H,8-9H2,1-7H3. The molecule has 0 spiro atoms. The Hall–Kier alpha value is -1.11. The van der Waals surface area contributed by atoms with Gasteiger partial charge in [-0.05, 0) is 59.3 Å². The minimum Gasteiger partial charge on any atom is -0.295 e. The first-order chi connectivity index (χ1) is 9.06. The van der Waals surface area contributed by atoms with Crippen molar-refractivity contribution in [1.82, 2.24) is 0 Å². The lowest BCUT2D eigenvalue weighted by Crippen LogP contribution is -2.34. The van der Waals surface area contributed by atoms with E-state index in [0.29, 0.717) is 5.92 Å². The van der Waals surface area contributed by atoms with Gasteiger partial charge in [0.25, 0.3) is 0 Å². The Bertz CT molecular complexity index is 547. The average molecular weight is 272 g/mol. The van der Waals surface area contributed by atoms with E-state index < -0.39 is 0 Å². The second-order valence-corrected chi connectivity index (χ2v) is 7.96. The molecule has 0 heterocycles. The van der Waals surface area contributed by atoms with Gasteiger partial charge in [0.1, 0.15) is 0 Å². The predicted octanol–water partition coefficient (Wildman–Crippen LogP) is 5.36. The van der Waals surface area contributed by atoms with Gasteiger partial charge in [0.15, 0.2) is 5.78 Å². The highest BCUT2D eigenvalue weighted by Gasteiger charge is 2.38. The van der Waals surface area contributed by atoms with Gasteiger partial charge >= 0.3 is 0 Å². The van der Waals surface area contributed by atoms with Crippen LogP contribution in [0, 0.1) is 0 Å². The number of benzene rings is 1. The van der Waals surface area contributed by atoms with Crippen molar-refractivity contribution in [2.24, 2.45) is 0 Å². The van der Waals surface area contributed by atoms with Crippen LogP contribution < -0.4 is 0 Å². The van der Waals surface area contributed by atoms with Gasteiger partial charge in [0.2, 0.25) is 0 Å². The van der Waals surface area contributed by atoms with Gasteiger partial charge in [-0.2, -0.15) is 0 Å². The van der Waals surface area contributed by atoms with E-state index in [2.05, 4.69) is 53.7 Å². The number of hydrogen-bond donors (Lipinski definition) is 0. The third kappa shape index (κ3) is 2.43. The van der Waals surface area contributed by atoms with Crippen molar-refractivity contribution in [2.45, 2.75) is 78.1 Å². The largest absolute Gasteiger partial charge is 0.295 e. The van der Waals surface area contributed by atoms with E-state index in [4.69, 9.17) is 0 Å². The van der Waals surface area contributed by atoms with Crippen molar-refractivity contribution in [1.29, 1.82) is 0 Å². The Kier molecular flexibility index (Phi) is 3.60. The molecule has 1 aliphatic carbocycles. The number of carbonyl (C=O) groups is 1. The fraction of sp³-hybridized carbons (Fsp3) is 0.632. The smallest absolute Gasteiger partial charge is 0.160 e. The summed E-state index contributed by atoms with van der Waals surface area (Å²) in [5.41, 5.74) is 5.34. The van der Waals surface area contributed by atoms with Crippen molar-refractivity contribution in [3.63, 3.8) is 0 Å². The molecular weight excluding hydrogens is 244 g/mol. The van der Waals surface area contributed by atoms with Gasteiger partial charge in [-0.15, -0.1) is 0 Å². The van der Waals surface area contributed by atoms with Crippen LogP contribution in [0.15, 0.2) is 12.1 Å². The minimum absolute atomic E-state index is 0.171. The minimum atomic E-state index is 0.171. The molecule has 1 aromatic carbocycles. The molecule has 0 aliphatic heterocycles. The lowest BCUT2D eigenvalue weighted by Gasteiger charge is -2.42. The molecule has 0 amide bonds. The molecule has 1 heteroatoms. The van der Waals surface area contributed by atoms with Gasteiger partial charge in [0, 0.05) is 5.56 Å². The van der Waals surface area contributed by atoms with Crippen LogP contribution in [0.5, 0.6) is 0 Å². The van der Waals surface area contributed by atoms with Crippen molar-refractivity contribution >= 4 is 5.78 Å². The summed E-state index contributed by atoms with van der Waals surface area (Å²) in [6.07, 6.45) is 2.40. The van der Waals surface area contributed by atoms with Gasteiger partial charge in [-0.3, -0.25) is 4.79 Å². The zero-order valence-electron chi connectivity index (χ0n) is 14.1. The van der Waals surface area contributed by atoms with Gasteiger partial charge in [-0.25, -0.2) is 0 Å². The topological polar surface area (TPSA) is 17.1 Å². The average Bonchev–Trinajstić information content (AvgIpc) is 2.33. The summed E-state index contributed by atoms with van der Waals surface area (Å²) in [6, 6.07) is 4.51. The molecule has 1 aromatic rings. The molecule has 0 unspecified atom stereocenters. The van der Waals surface area contributed by atoms with Crippen LogP contribution in [0.3, 0.4) is 0 Å². The molecule has 0 saturated carbocycles. The first-order valence-electron chi connectivity index (χ1n) is 7.76. The maximum atomic E-state index is 12.0. The highest BCUT2D eigenvalue weighted by Crippen LogP contribution is 2.47. The van der Waals surface area contributed by atoms with Crippen LogP contribution in [0.2, 0.25) is 0 Å². The Morgan fingerprint density at radius 2 is 1.45 bits per heavy atom. The van der Waals surface area contributed by atoms with Crippen LogP contribution in [0.25, 0.3) is 0 Å². The fourth-order valence-electron chi connectivity index (χ4n) is 3.41. The van der Waals surface area contributed by atoms with Crippen molar-refractivity contribution in [3.05, 3.63) is 34.4 Å². The van der Waals surface area contributed by atoms with Crippen molar-refractivity contribution in [3.8, 4) is 0 Å². The van der Waals surface area contributed by atoms with Crippen LogP contribution >= 0.6 is 0 Å². The summed E-state index contributed by atoms with van der Waals surface area (Å²) in [5, 5.41) is 0. The molecule has 0 N–H and O–H groups in total. The Morgan fingerprint density at radius 3 is 1.85 bits per heavy atom. The summed E-state index contributed by atoms with van der Waals surface area (Å²) >= 11 is 0. The zero-order chi connectivity index (χ0) is 15.3. The molecule has 0 fully saturated rings. The molecule has 0 aromatic heterocycles.